The zero-order valence-corrected chi connectivity index (χ0v) is 9.67. The van der Waals surface area contributed by atoms with Crippen molar-refractivity contribution >= 4 is 37.0 Å². The third-order valence-electron chi connectivity index (χ3n) is 1.61. The van der Waals surface area contributed by atoms with Gasteiger partial charge in [0.25, 0.3) is 14.7 Å². The molecular weight excluding hydrogens is 279 g/mol. The number of hydrogen-bond donors (Lipinski definition) is 0. The van der Waals surface area contributed by atoms with E-state index in [1.165, 1.54) is 0 Å². The summed E-state index contributed by atoms with van der Waals surface area (Å²) < 4.78 is 22.1. The molecule has 0 atom stereocenters. The van der Waals surface area contributed by atoms with Crippen molar-refractivity contribution in [3.05, 3.63) is 32.8 Å². The van der Waals surface area contributed by atoms with E-state index in [1.807, 2.05) is 0 Å². The molecule has 0 aliphatic rings. The fourth-order valence-corrected chi connectivity index (χ4v) is 2.51. The van der Waals surface area contributed by atoms with Crippen molar-refractivity contribution in [3.8, 4) is 6.07 Å². The summed E-state index contributed by atoms with van der Waals surface area (Å²) in [5.74, 6) is 0. The minimum absolute atomic E-state index is 0.213. The van der Waals surface area contributed by atoms with Crippen molar-refractivity contribution in [1.29, 1.82) is 5.26 Å². The van der Waals surface area contributed by atoms with Gasteiger partial charge in [-0.25, -0.2) is 8.42 Å². The van der Waals surface area contributed by atoms with Gasteiger partial charge >= 0.3 is 0 Å². The summed E-state index contributed by atoms with van der Waals surface area (Å²) in [6.07, 6.45) is 0. The Balaban J connectivity index is 3.72. The first-order valence-corrected chi connectivity index (χ1v) is 6.29. The number of nitro groups is 1. The average molecular weight is 281 g/mol. The Morgan fingerprint density at radius 2 is 2.00 bits per heavy atom. The molecule has 16 heavy (non-hydrogen) atoms. The highest BCUT2D eigenvalue weighted by molar-refractivity contribution is 8.13. The largest absolute Gasteiger partial charge is 0.290 e. The molecule has 84 valence electrons. The molecule has 1 aromatic carbocycles. The standard InChI is InChI=1S/C7H2Cl2N2O4S/c8-7-5(11(12)13)1-4(3-10)2-6(7)16(9,14)15/h1-2H. The van der Waals surface area contributed by atoms with Gasteiger partial charge in [-0.2, -0.15) is 5.26 Å². The molecule has 1 aromatic rings. The van der Waals surface area contributed by atoms with Crippen LogP contribution in [0.5, 0.6) is 0 Å². The van der Waals surface area contributed by atoms with Gasteiger partial charge in [-0.1, -0.05) is 11.6 Å². The third-order valence-corrected chi connectivity index (χ3v) is 3.46. The molecule has 0 unspecified atom stereocenters. The molecule has 6 nitrogen and oxygen atoms in total. The van der Waals surface area contributed by atoms with E-state index in [2.05, 4.69) is 0 Å². The number of rotatable bonds is 2. The van der Waals surface area contributed by atoms with Crippen LogP contribution in [0.3, 0.4) is 0 Å². The molecule has 0 aliphatic heterocycles. The molecule has 0 fully saturated rings. The lowest BCUT2D eigenvalue weighted by Gasteiger charge is -2.01. The third kappa shape index (κ3) is 2.41. The number of nitrogens with zero attached hydrogens (tertiary/aromatic N) is 2. The predicted octanol–water partition coefficient (Wildman–Crippen LogP) is 2.05. The topological polar surface area (TPSA) is 101 Å². The van der Waals surface area contributed by atoms with Gasteiger partial charge in [0.1, 0.15) is 9.92 Å². The fourth-order valence-electron chi connectivity index (χ4n) is 0.958. The zero-order chi connectivity index (χ0) is 12.5. The van der Waals surface area contributed by atoms with Crippen molar-refractivity contribution in [2.24, 2.45) is 0 Å². The lowest BCUT2D eigenvalue weighted by Crippen LogP contribution is -1.98. The highest BCUT2D eigenvalue weighted by Crippen LogP contribution is 2.34. The van der Waals surface area contributed by atoms with Crippen LogP contribution in [-0.4, -0.2) is 13.3 Å². The Labute approximate surface area is 99.6 Å². The summed E-state index contributed by atoms with van der Waals surface area (Å²) in [4.78, 5) is 9.00. The summed E-state index contributed by atoms with van der Waals surface area (Å²) in [6.45, 7) is 0. The molecule has 0 bridgehead atoms. The molecule has 0 aliphatic carbocycles. The molecule has 9 heteroatoms. The van der Waals surface area contributed by atoms with Crippen LogP contribution in [0.4, 0.5) is 5.69 Å². The van der Waals surface area contributed by atoms with Gasteiger partial charge in [-0.05, 0) is 6.07 Å². The van der Waals surface area contributed by atoms with Gasteiger partial charge in [-0.3, -0.25) is 10.1 Å². The monoisotopic (exact) mass is 280 g/mol. The van der Waals surface area contributed by atoms with Crippen molar-refractivity contribution in [1.82, 2.24) is 0 Å². The maximum Gasteiger partial charge on any atom is 0.290 e. The Bertz CT molecular complexity index is 606. The van der Waals surface area contributed by atoms with Crippen molar-refractivity contribution in [2.75, 3.05) is 0 Å². The van der Waals surface area contributed by atoms with Crippen LogP contribution in [0.15, 0.2) is 17.0 Å². The van der Waals surface area contributed by atoms with E-state index in [9.17, 15) is 18.5 Å². The smallest absolute Gasteiger partial charge is 0.258 e. The van der Waals surface area contributed by atoms with E-state index in [0.29, 0.717) is 0 Å². The minimum Gasteiger partial charge on any atom is -0.258 e. The maximum atomic E-state index is 11.0. The van der Waals surface area contributed by atoms with E-state index >= 15 is 0 Å². The second-order valence-corrected chi connectivity index (χ2v) is 5.53. The highest BCUT2D eigenvalue weighted by Gasteiger charge is 2.24. The number of nitriles is 1. The molecule has 0 amide bonds. The highest BCUT2D eigenvalue weighted by atomic mass is 35.7. The SMILES string of the molecule is N#Cc1cc([N+](=O)[O-])c(Cl)c(S(=O)(=O)Cl)c1. The van der Waals surface area contributed by atoms with Gasteiger partial charge in [0.15, 0.2) is 0 Å². The van der Waals surface area contributed by atoms with Crippen LogP contribution < -0.4 is 0 Å². The Kier molecular flexibility index (Phi) is 3.38. The van der Waals surface area contributed by atoms with E-state index in [0.717, 1.165) is 12.1 Å². The summed E-state index contributed by atoms with van der Waals surface area (Å²) in [6, 6.07) is 3.32. The van der Waals surface area contributed by atoms with Gasteiger partial charge in [0, 0.05) is 16.7 Å². The average Bonchev–Trinajstić information content (AvgIpc) is 2.15. The molecular formula is C7H2Cl2N2O4S. The van der Waals surface area contributed by atoms with Crippen LogP contribution >= 0.6 is 22.3 Å². The van der Waals surface area contributed by atoms with E-state index < -0.39 is 29.6 Å². The summed E-state index contributed by atoms with van der Waals surface area (Å²) in [5, 5.41) is 18.5. The summed E-state index contributed by atoms with van der Waals surface area (Å²) in [5.41, 5.74) is -0.893. The lowest BCUT2D eigenvalue weighted by atomic mass is 10.2. The molecule has 0 radical (unpaired) electrons. The summed E-state index contributed by atoms with van der Waals surface area (Å²) >= 11 is 5.50. The molecule has 0 saturated carbocycles. The van der Waals surface area contributed by atoms with Crippen LogP contribution in [0.25, 0.3) is 0 Å². The molecule has 0 spiro atoms. The Morgan fingerprint density at radius 3 is 2.38 bits per heavy atom. The zero-order valence-electron chi connectivity index (χ0n) is 7.35. The van der Waals surface area contributed by atoms with Crippen LogP contribution in [0.1, 0.15) is 5.56 Å². The van der Waals surface area contributed by atoms with Gasteiger partial charge in [0.05, 0.1) is 16.6 Å². The fraction of sp³-hybridized carbons (Fsp3) is 0. The summed E-state index contributed by atoms with van der Waals surface area (Å²) in [7, 11) is 0.788. The van der Waals surface area contributed by atoms with Crippen LogP contribution in [0.2, 0.25) is 5.02 Å². The number of hydrogen-bond acceptors (Lipinski definition) is 5. The number of halogens is 2. The maximum absolute atomic E-state index is 11.0. The molecule has 1 rings (SSSR count). The predicted molar refractivity (Wildman–Crippen MR) is 55.9 cm³/mol. The molecule has 0 saturated heterocycles. The Morgan fingerprint density at radius 1 is 1.44 bits per heavy atom. The quantitative estimate of drug-likeness (QED) is 0.469. The first-order valence-electron chi connectivity index (χ1n) is 3.60. The first kappa shape index (κ1) is 12.7. The van der Waals surface area contributed by atoms with Gasteiger partial charge in [-0.15, -0.1) is 0 Å². The molecule has 0 heterocycles. The number of benzene rings is 1. The molecule has 0 N–H and O–H groups in total. The minimum atomic E-state index is -4.24. The molecule has 0 aromatic heterocycles. The van der Waals surface area contributed by atoms with Crippen molar-refractivity contribution in [3.63, 3.8) is 0 Å². The van der Waals surface area contributed by atoms with Crippen molar-refractivity contribution < 1.29 is 13.3 Å². The lowest BCUT2D eigenvalue weighted by molar-refractivity contribution is -0.384. The second-order valence-electron chi connectivity index (χ2n) is 2.61. The van der Waals surface area contributed by atoms with E-state index in [4.69, 9.17) is 27.5 Å². The Hall–Kier alpha value is -1.36. The van der Waals surface area contributed by atoms with Crippen LogP contribution in [-0.2, 0) is 9.05 Å². The van der Waals surface area contributed by atoms with Crippen LogP contribution in [0, 0.1) is 21.4 Å². The number of nitro benzene ring substituents is 1. The van der Waals surface area contributed by atoms with Gasteiger partial charge in [0.2, 0.25) is 0 Å². The van der Waals surface area contributed by atoms with Crippen molar-refractivity contribution in [2.45, 2.75) is 4.90 Å². The van der Waals surface area contributed by atoms with E-state index in [1.54, 1.807) is 6.07 Å². The first-order chi connectivity index (χ1) is 7.27. The second kappa shape index (κ2) is 4.25. The normalized spacial score (nSPS) is 10.8. The van der Waals surface area contributed by atoms with Gasteiger partial charge < -0.3 is 0 Å². The van der Waals surface area contributed by atoms with E-state index in [-0.39, 0.29) is 5.56 Å².